The molecule has 0 radical (unpaired) electrons. The molecule has 1 aliphatic rings. The van der Waals surface area contributed by atoms with Gasteiger partial charge in [-0.25, -0.2) is 4.98 Å². The lowest BCUT2D eigenvalue weighted by molar-refractivity contribution is 0.288. The maximum Gasteiger partial charge on any atom is 0.213 e. The molecule has 0 bridgehead atoms. The van der Waals surface area contributed by atoms with Crippen molar-refractivity contribution in [2.75, 3.05) is 13.7 Å². The molecule has 7 nitrogen and oxygen atoms in total. The predicted octanol–water partition coefficient (Wildman–Crippen LogP) is 4.25. The number of aromatic nitrogens is 2. The summed E-state index contributed by atoms with van der Waals surface area (Å²) in [6.45, 7) is 6.30. The summed E-state index contributed by atoms with van der Waals surface area (Å²) in [5.74, 6) is 3.39. The quantitative estimate of drug-likeness (QED) is 0.281. The maximum atomic E-state index is 5.67. The highest BCUT2D eigenvalue weighted by atomic mass is 127. The Hall–Kier alpha value is -1.84. The van der Waals surface area contributed by atoms with Gasteiger partial charge in [-0.05, 0) is 37.2 Å². The Morgan fingerprint density at radius 1 is 1.24 bits per heavy atom. The van der Waals surface area contributed by atoms with Crippen molar-refractivity contribution in [3.05, 3.63) is 41.4 Å². The van der Waals surface area contributed by atoms with Crippen LogP contribution in [0, 0.1) is 5.92 Å². The number of rotatable bonds is 10. The largest absolute Gasteiger partial charge is 0.477 e. The van der Waals surface area contributed by atoms with E-state index in [0.717, 1.165) is 42.4 Å². The summed E-state index contributed by atoms with van der Waals surface area (Å²) < 4.78 is 11.1. The van der Waals surface area contributed by atoms with E-state index in [4.69, 9.17) is 9.26 Å². The second kappa shape index (κ2) is 12.0. The second-order valence-corrected chi connectivity index (χ2v) is 7.27. The Labute approximate surface area is 190 Å². The molecule has 1 saturated carbocycles. The average molecular weight is 513 g/mol. The minimum Gasteiger partial charge on any atom is -0.477 e. The number of hydrogen-bond donors (Lipinski definition) is 2. The molecule has 2 N–H and O–H groups in total. The van der Waals surface area contributed by atoms with Crippen LogP contribution >= 0.6 is 24.0 Å². The molecule has 2 aromatic heterocycles. The number of nitrogens with zero attached hydrogens (tertiary/aromatic N) is 3. The van der Waals surface area contributed by atoms with Crippen LogP contribution in [0.2, 0.25) is 0 Å². The number of halogens is 1. The van der Waals surface area contributed by atoms with Gasteiger partial charge in [-0.15, -0.1) is 24.0 Å². The highest BCUT2D eigenvalue weighted by Crippen LogP contribution is 2.29. The molecule has 2 aromatic rings. The molecular formula is C21H32IN5O2. The van der Waals surface area contributed by atoms with Gasteiger partial charge in [0.05, 0.1) is 18.8 Å². The summed E-state index contributed by atoms with van der Waals surface area (Å²) in [4.78, 5) is 8.62. The third-order valence-corrected chi connectivity index (χ3v) is 5.06. The van der Waals surface area contributed by atoms with Crippen molar-refractivity contribution in [1.82, 2.24) is 20.8 Å². The van der Waals surface area contributed by atoms with Gasteiger partial charge >= 0.3 is 0 Å². The summed E-state index contributed by atoms with van der Waals surface area (Å²) in [5.41, 5.74) is 2.09. The topological polar surface area (TPSA) is 84.6 Å². The van der Waals surface area contributed by atoms with E-state index in [1.165, 1.54) is 12.8 Å². The van der Waals surface area contributed by atoms with Crippen molar-refractivity contribution in [2.45, 2.75) is 58.5 Å². The number of ether oxygens (including phenoxy) is 1. The first-order valence-corrected chi connectivity index (χ1v) is 10.2. The van der Waals surface area contributed by atoms with Crippen molar-refractivity contribution in [3.63, 3.8) is 0 Å². The monoisotopic (exact) mass is 513 g/mol. The standard InChI is InChI=1S/C21H31N5O2.HI/c1-4-17(5-2)19-10-18(28-26-19)13-25-21(22-3)24-12-16-8-9-20(23-11-16)27-14-15-6-7-15;/h8-11,15,17H,4-7,12-14H2,1-3H3,(H2,22,24,25);1H. The molecule has 1 fully saturated rings. The molecule has 0 aliphatic heterocycles. The molecule has 0 spiro atoms. The fraction of sp³-hybridized carbons (Fsp3) is 0.571. The third kappa shape index (κ3) is 7.49. The summed E-state index contributed by atoms with van der Waals surface area (Å²) in [6.07, 6.45) is 6.53. The Morgan fingerprint density at radius 3 is 2.62 bits per heavy atom. The van der Waals surface area contributed by atoms with Crippen LogP contribution in [0.3, 0.4) is 0 Å². The van der Waals surface area contributed by atoms with Gasteiger partial charge in [0.15, 0.2) is 11.7 Å². The van der Waals surface area contributed by atoms with Crippen molar-refractivity contribution >= 4 is 29.9 Å². The zero-order valence-electron chi connectivity index (χ0n) is 17.5. The molecule has 3 rings (SSSR count). The predicted molar refractivity (Wildman–Crippen MR) is 125 cm³/mol. The van der Waals surface area contributed by atoms with E-state index in [0.29, 0.717) is 30.8 Å². The van der Waals surface area contributed by atoms with E-state index in [9.17, 15) is 0 Å². The number of aliphatic imine (C=N–C) groups is 1. The van der Waals surface area contributed by atoms with Gasteiger partial charge in [0.2, 0.25) is 5.88 Å². The highest BCUT2D eigenvalue weighted by molar-refractivity contribution is 14.0. The normalized spacial score (nSPS) is 13.9. The van der Waals surface area contributed by atoms with Gasteiger partial charge in [0.1, 0.15) is 0 Å². The molecule has 29 heavy (non-hydrogen) atoms. The van der Waals surface area contributed by atoms with Crippen LogP contribution in [0.5, 0.6) is 5.88 Å². The van der Waals surface area contributed by atoms with E-state index in [1.807, 2.05) is 24.4 Å². The van der Waals surface area contributed by atoms with E-state index in [-0.39, 0.29) is 24.0 Å². The molecule has 2 heterocycles. The summed E-state index contributed by atoms with van der Waals surface area (Å²) >= 11 is 0. The first-order valence-electron chi connectivity index (χ1n) is 10.2. The summed E-state index contributed by atoms with van der Waals surface area (Å²) in [7, 11) is 1.75. The molecule has 0 atom stereocenters. The molecular weight excluding hydrogens is 481 g/mol. The Kier molecular flexibility index (Phi) is 9.69. The Balaban J connectivity index is 0.00000300. The third-order valence-electron chi connectivity index (χ3n) is 5.06. The minimum atomic E-state index is 0. The SMILES string of the molecule is CCC(CC)c1cc(CNC(=NC)NCc2ccc(OCC3CC3)nc2)on1.I. The van der Waals surface area contributed by atoms with E-state index >= 15 is 0 Å². The highest BCUT2D eigenvalue weighted by Gasteiger charge is 2.22. The molecule has 0 amide bonds. The van der Waals surface area contributed by atoms with Crippen LogP contribution in [0.25, 0.3) is 0 Å². The van der Waals surface area contributed by atoms with Gasteiger partial charge in [-0.2, -0.15) is 0 Å². The fourth-order valence-electron chi connectivity index (χ4n) is 2.98. The van der Waals surface area contributed by atoms with Crippen LogP contribution in [0.4, 0.5) is 0 Å². The number of nitrogens with one attached hydrogen (secondary N) is 2. The minimum absolute atomic E-state index is 0. The Bertz CT molecular complexity index is 755. The molecule has 160 valence electrons. The van der Waals surface area contributed by atoms with Crippen LogP contribution < -0.4 is 15.4 Å². The van der Waals surface area contributed by atoms with Crippen LogP contribution in [-0.2, 0) is 13.1 Å². The molecule has 0 saturated heterocycles. The number of pyridine rings is 1. The van der Waals surface area contributed by atoms with Crippen molar-refractivity contribution in [3.8, 4) is 5.88 Å². The Morgan fingerprint density at radius 2 is 2.00 bits per heavy atom. The van der Waals surface area contributed by atoms with Crippen LogP contribution in [0.15, 0.2) is 33.9 Å². The van der Waals surface area contributed by atoms with Crippen molar-refractivity contribution in [2.24, 2.45) is 10.9 Å². The van der Waals surface area contributed by atoms with Gasteiger partial charge in [0.25, 0.3) is 0 Å². The first kappa shape index (κ1) is 23.4. The zero-order valence-corrected chi connectivity index (χ0v) is 19.8. The summed E-state index contributed by atoms with van der Waals surface area (Å²) in [6, 6.07) is 5.97. The maximum absolute atomic E-state index is 5.67. The van der Waals surface area contributed by atoms with Gasteiger partial charge in [-0.1, -0.05) is 25.1 Å². The van der Waals surface area contributed by atoms with Crippen molar-refractivity contribution in [1.29, 1.82) is 0 Å². The molecule has 1 aliphatic carbocycles. The van der Waals surface area contributed by atoms with Crippen LogP contribution in [0.1, 0.15) is 62.5 Å². The molecule has 0 aromatic carbocycles. The van der Waals surface area contributed by atoms with E-state index in [2.05, 4.69) is 39.6 Å². The number of hydrogen-bond acceptors (Lipinski definition) is 5. The zero-order chi connectivity index (χ0) is 19.8. The van der Waals surface area contributed by atoms with Gasteiger partial charge < -0.3 is 19.9 Å². The smallest absolute Gasteiger partial charge is 0.213 e. The van der Waals surface area contributed by atoms with E-state index < -0.39 is 0 Å². The van der Waals surface area contributed by atoms with Crippen LogP contribution in [-0.4, -0.2) is 29.8 Å². The lowest BCUT2D eigenvalue weighted by atomic mass is 9.99. The molecule has 0 unspecified atom stereocenters. The van der Waals surface area contributed by atoms with Gasteiger partial charge in [0, 0.05) is 37.8 Å². The first-order chi connectivity index (χ1) is 13.7. The average Bonchev–Trinajstić information content (AvgIpc) is 3.45. The van der Waals surface area contributed by atoms with E-state index in [1.54, 1.807) is 7.05 Å². The lowest BCUT2D eigenvalue weighted by Gasteiger charge is -2.11. The lowest BCUT2D eigenvalue weighted by Crippen LogP contribution is -2.36. The fourth-order valence-corrected chi connectivity index (χ4v) is 2.98. The number of guanidine groups is 1. The summed E-state index contributed by atoms with van der Waals surface area (Å²) in [5, 5.41) is 10.7. The molecule has 8 heteroatoms. The van der Waals surface area contributed by atoms with Gasteiger partial charge in [-0.3, -0.25) is 4.99 Å². The second-order valence-electron chi connectivity index (χ2n) is 7.27. The van der Waals surface area contributed by atoms with Crippen molar-refractivity contribution < 1.29 is 9.26 Å².